The molecule has 0 amide bonds. The van der Waals surface area contributed by atoms with Crippen molar-refractivity contribution in [3.8, 4) is 0 Å². The van der Waals surface area contributed by atoms with E-state index in [1.165, 1.54) is 48.9 Å². The molecular weight excluding hydrogens is 284 g/mol. The molecule has 1 aromatic heterocycles. The van der Waals surface area contributed by atoms with Gasteiger partial charge in [0.1, 0.15) is 0 Å². The Kier molecular flexibility index (Phi) is 4.29. The molecule has 0 aliphatic carbocycles. The summed E-state index contributed by atoms with van der Waals surface area (Å²) in [6.07, 6.45) is 7.43. The van der Waals surface area contributed by atoms with Crippen LogP contribution in [0.1, 0.15) is 24.8 Å². The van der Waals surface area contributed by atoms with Crippen molar-refractivity contribution in [1.29, 1.82) is 0 Å². The Morgan fingerprint density at radius 2 is 1.91 bits per heavy atom. The van der Waals surface area contributed by atoms with Crippen molar-refractivity contribution in [2.45, 2.75) is 37.9 Å². The van der Waals surface area contributed by atoms with Crippen molar-refractivity contribution in [3.05, 3.63) is 42.2 Å². The predicted molar refractivity (Wildman–Crippen MR) is 94.2 cm³/mol. The highest BCUT2D eigenvalue weighted by Gasteiger charge is 2.29. The van der Waals surface area contributed by atoms with Gasteiger partial charge in [0.15, 0.2) is 0 Å². The third-order valence-corrected chi connectivity index (χ3v) is 5.45. The number of benzene rings is 1. The minimum Gasteiger partial charge on any atom is -0.328 e. The molecule has 1 atom stereocenters. The molecule has 2 fully saturated rings. The molecule has 2 aliphatic rings. The first-order chi connectivity index (χ1) is 11.3. The lowest BCUT2D eigenvalue weighted by atomic mass is 10.0. The average molecular weight is 310 g/mol. The van der Waals surface area contributed by atoms with Gasteiger partial charge in [-0.05, 0) is 55.4 Å². The number of rotatable bonds is 3. The summed E-state index contributed by atoms with van der Waals surface area (Å²) < 4.78 is 0. The zero-order valence-electron chi connectivity index (χ0n) is 13.7. The van der Waals surface area contributed by atoms with Crippen LogP contribution in [-0.2, 0) is 6.54 Å². The second-order valence-electron chi connectivity index (χ2n) is 7.11. The van der Waals surface area contributed by atoms with Crippen LogP contribution in [0.3, 0.4) is 0 Å². The summed E-state index contributed by atoms with van der Waals surface area (Å²) in [6, 6.07) is 10.0. The molecule has 2 saturated heterocycles. The number of aromatic nitrogens is 1. The van der Waals surface area contributed by atoms with Crippen LogP contribution in [0.2, 0.25) is 0 Å². The third-order valence-electron chi connectivity index (χ3n) is 5.45. The van der Waals surface area contributed by atoms with E-state index >= 15 is 0 Å². The van der Waals surface area contributed by atoms with E-state index in [-0.39, 0.29) is 0 Å². The quantitative estimate of drug-likeness (QED) is 0.944. The van der Waals surface area contributed by atoms with E-state index in [1.807, 2.05) is 12.4 Å². The number of piperidine rings is 1. The lowest BCUT2D eigenvalue weighted by Gasteiger charge is -2.34. The van der Waals surface area contributed by atoms with Gasteiger partial charge in [-0.2, -0.15) is 0 Å². The van der Waals surface area contributed by atoms with Crippen molar-refractivity contribution < 1.29 is 0 Å². The Morgan fingerprint density at radius 1 is 1.04 bits per heavy atom. The summed E-state index contributed by atoms with van der Waals surface area (Å²) in [5.74, 6) is 0. The van der Waals surface area contributed by atoms with Gasteiger partial charge in [-0.3, -0.25) is 14.8 Å². The molecule has 4 heteroatoms. The average Bonchev–Trinajstić information content (AvgIpc) is 3.04. The van der Waals surface area contributed by atoms with Crippen LogP contribution in [0.25, 0.3) is 10.8 Å². The number of hydrogen-bond donors (Lipinski definition) is 1. The van der Waals surface area contributed by atoms with E-state index in [0.29, 0.717) is 6.04 Å². The Labute approximate surface area is 138 Å². The molecule has 4 nitrogen and oxygen atoms in total. The van der Waals surface area contributed by atoms with Gasteiger partial charge in [0.2, 0.25) is 0 Å². The Balaban J connectivity index is 1.37. The third kappa shape index (κ3) is 3.39. The zero-order chi connectivity index (χ0) is 15.6. The van der Waals surface area contributed by atoms with E-state index in [9.17, 15) is 0 Å². The van der Waals surface area contributed by atoms with Gasteiger partial charge >= 0.3 is 0 Å². The van der Waals surface area contributed by atoms with Crippen molar-refractivity contribution in [3.63, 3.8) is 0 Å². The fourth-order valence-corrected chi connectivity index (χ4v) is 4.03. The Morgan fingerprint density at radius 3 is 2.78 bits per heavy atom. The highest BCUT2D eigenvalue weighted by atomic mass is 15.3. The number of nitrogens with zero attached hydrogens (tertiary/aromatic N) is 3. The molecule has 3 heterocycles. The summed E-state index contributed by atoms with van der Waals surface area (Å²) >= 11 is 0. The summed E-state index contributed by atoms with van der Waals surface area (Å²) in [6.45, 7) is 5.83. The van der Waals surface area contributed by atoms with Gasteiger partial charge < -0.3 is 5.73 Å². The van der Waals surface area contributed by atoms with Crippen molar-refractivity contribution >= 4 is 10.8 Å². The van der Waals surface area contributed by atoms with Crippen molar-refractivity contribution in [2.75, 3.05) is 26.2 Å². The molecule has 0 radical (unpaired) electrons. The van der Waals surface area contributed by atoms with E-state index in [0.717, 1.165) is 25.4 Å². The van der Waals surface area contributed by atoms with Crippen LogP contribution in [0.5, 0.6) is 0 Å². The number of pyridine rings is 1. The highest BCUT2D eigenvalue weighted by molar-refractivity contribution is 5.81. The first kappa shape index (κ1) is 15.1. The van der Waals surface area contributed by atoms with Crippen molar-refractivity contribution in [2.24, 2.45) is 5.73 Å². The highest BCUT2D eigenvalue weighted by Crippen LogP contribution is 2.22. The molecule has 4 rings (SSSR count). The monoisotopic (exact) mass is 310 g/mol. The number of nitrogens with two attached hydrogens (primary N) is 1. The first-order valence-electron chi connectivity index (χ1n) is 8.82. The molecule has 1 unspecified atom stereocenters. The molecule has 0 spiro atoms. The van der Waals surface area contributed by atoms with Crippen LogP contribution in [0.4, 0.5) is 0 Å². The topological polar surface area (TPSA) is 45.4 Å². The molecule has 2 aliphatic heterocycles. The predicted octanol–water partition coefficient (Wildman–Crippen LogP) is 2.23. The maximum atomic E-state index is 6.03. The summed E-state index contributed by atoms with van der Waals surface area (Å²) in [5.41, 5.74) is 7.44. The van der Waals surface area contributed by atoms with Crippen molar-refractivity contribution in [1.82, 2.24) is 14.8 Å². The molecule has 1 aromatic carbocycles. The second-order valence-corrected chi connectivity index (χ2v) is 7.11. The zero-order valence-corrected chi connectivity index (χ0v) is 13.7. The maximum Gasteiger partial charge on any atom is 0.0346 e. The molecule has 23 heavy (non-hydrogen) atoms. The van der Waals surface area contributed by atoms with E-state index in [1.54, 1.807) is 0 Å². The van der Waals surface area contributed by atoms with Gasteiger partial charge in [0.05, 0.1) is 0 Å². The first-order valence-corrected chi connectivity index (χ1v) is 8.82. The Hall–Kier alpha value is -1.49. The van der Waals surface area contributed by atoms with Crippen LogP contribution in [0.15, 0.2) is 36.7 Å². The molecular formula is C19H26N4. The van der Waals surface area contributed by atoms with Crippen LogP contribution < -0.4 is 5.73 Å². The van der Waals surface area contributed by atoms with Crippen LogP contribution >= 0.6 is 0 Å². The summed E-state index contributed by atoms with van der Waals surface area (Å²) in [4.78, 5) is 9.45. The van der Waals surface area contributed by atoms with Gasteiger partial charge in [-0.25, -0.2) is 0 Å². The number of hydrogen-bond acceptors (Lipinski definition) is 4. The van der Waals surface area contributed by atoms with Gasteiger partial charge in [0.25, 0.3) is 0 Å². The Bertz CT molecular complexity index is 663. The molecule has 122 valence electrons. The fourth-order valence-electron chi connectivity index (χ4n) is 4.03. The summed E-state index contributed by atoms with van der Waals surface area (Å²) in [5, 5.41) is 2.51. The van der Waals surface area contributed by atoms with Gasteiger partial charge in [-0.1, -0.05) is 12.1 Å². The minimum atomic E-state index is 0.427. The van der Waals surface area contributed by atoms with Gasteiger partial charge in [0, 0.05) is 49.5 Å². The number of likely N-dealkylation sites (tertiary alicyclic amines) is 2. The smallest absolute Gasteiger partial charge is 0.0346 e. The largest absolute Gasteiger partial charge is 0.328 e. The molecule has 2 aromatic rings. The summed E-state index contributed by atoms with van der Waals surface area (Å²) in [7, 11) is 0. The lowest BCUT2D eigenvalue weighted by Crippen LogP contribution is -2.46. The maximum absolute atomic E-state index is 6.03. The SMILES string of the molecule is NC1CCN(C2CCN(Cc3ccc4cnccc4c3)C2)CC1. The minimum absolute atomic E-state index is 0.427. The van der Waals surface area contributed by atoms with Crippen LogP contribution in [-0.4, -0.2) is 53.0 Å². The lowest BCUT2D eigenvalue weighted by molar-refractivity contribution is 0.151. The van der Waals surface area contributed by atoms with Crippen LogP contribution in [0, 0.1) is 0 Å². The molecule has 0 saturated carbocycles. The molecule has 0 bridgehead atoms. The van der Waals surface area contributed by atoms with Gasteiger partial charge in [-0.15, -0.1) is 0 Å². The van der Waals surface area contributed by atoms with E-state index < -0.39 is 0 Å². The second kappa shape index (κ2) is 6.56. The molecule has 2 N–H and O–H groups in total. The number of fused-ring (bicyclic) bond motifs is 1. The standard InChI is InChI=1S/C19H26N4/c20-18-4-9-23(10-5-18)19-6-8-22(14-19)13-15-1-2-17-12-21-7-3-16(17)11-15/h1-3,7,11-12,18-19H,4-6,8-10,13-14,20H2. The van der Waals surface area contributed by atoms with E-state index in [2.05, 4.69) is 39.0 Å². The van der Waals surface area contributed by atoms with E-state index in [4.69, 9.17) is 5.73 Å². The fraction of sp³-hybridized carbons (Fsp3) is 0.526. The normalized spacial score (nSPS) is 24.5.